The highest BCUT2D eigenvalue weighted by molar-refractivity contribution is 6.06. The van der Waals surface area contributed by atoms with Crippen molar-refractivity contribution in [1.82, 2.24) is 10.2 Å². The lowest BCUT2D eigenvalue weighted by Crippen LogP contribution is -2.57. The van der Waals surface area contributed by atoms with Gasteiger partial charge in [0.2, 0.25) is 11.8 Å². The van der Waals surface area contributed by atoms with E-state index in [2.05, 4.69) is 5.32 Å². The molecule has 2 N–H and O–H groups in total. The minimum atomic E-state index is -1.51. The summed E-state index contributed by atoms with van der Waals surface area (Å²) < 4.78 is 13.0. The molecule has 10 heteroatoms. The highest BCUT2D eigenvalue weighted by atomic mass is 16.6. The van der Waals surface area contributed by atoms with Gasteiger partial charge in [-0.3, -0.25) is 19.2 Å². The van der Waals surface area contributed by atoms with Gasteiger partial charge in [-0.1, -0.05) is 85.0 Å². The van der Waals surface area contributed by atoms with E-state index in [1.807, 2.05) is 78.9 Å². The second-order valence-corrected chi connectivity index (χ2v) is 13.1. The lowest BCUT2D eigenvalue weighted by molar-refractivity contribution is -0.161. The average Bonchev–Trinajstić information content (AvgIpc) is 3.49. The van der Waals surface area contributed by atoms with Gasteiger partial charge >= 0.3 is 5.97 Å². The Morgan fingerprint density at radius 2 is 1.71 bits per heavy atom. The number of ether oxygens (including phenoxy) is 2. The molecule has 0 aliphatic carbocycles. The van der Waals surface area contributed by atoms with E-state index in [1.165, 1.54) is 4.90 Å². The first kappa shape index (κ1) is 31.8. The van der Waals surface area contributed by atoms with E-state index in [0.717, 1.165) is 10.8 Å². The van der Waals surface area contributed by atoms with Gasteiger partial charge in [-0.15, -0.1) is 0 Å². The van der Waals surface area contributed by atoms with E-state index >= 15 is 0 Å². The Morgan fingerprint density at radius 1 is 0.958 bits per heavy atom. The Balaban J connectivity index is 1.32. The molecule has 1 spiro atoms. The van der Waals surface area contributed by atoms with Gasteiger partial charge in [-0.2, -0.15) is 0 Å². The number of aliphatic hydroxyl groups excluding tert-OH is 1. The number of likely N-dealkylation sites (tertiary alicyclic amines) is 1. The molecule has 4 aliphatic rings. The highest BCUT2D eigenvalue weighted by Crippen LogP contribution is 2.54. The molecule has 2 saturated heterocycles. The fraction of sp³-hybridized carbons (Fsp3) is 0.368. The number of aliphatic hydroxyl groups is 1. The Kier molecular flexibility index (Phi) is 8.39. The normalized spacial score (nSPS) is 31.9. The van der Waals surface area contributed by atoms with Crippen molar-refractivity contribution in [2.45, 2.75) is 62.6 Å². The number of nitrogens with one attached hydrogen (secondary N) is 1. The first-order valence-corrected chi connectivity index (χ1v) is 16.5. The molecule has 10 nitrogen and oxygen atoms in total. The lowest BCUT2D eigenvalue weighted by atomic mass is 9.77. The van der Waals surface area contributed by atoms with Crippen molar-refractivity contribution in [2.24, 2.45) is 11.8 Å². The van der Waals surface area contributed by atoms with Gasteiger partial charge in [0.05, 0.1) is 30.7 Å². The van der Waals surface area contributed by atoms with Crippen LogP contribution in [0.5, 0.6) is 0 Å². The third-order valence-corrected chi connectivity index (χ3v) is 10.1. The van der Waals surface area contributed by atoms with Gasteiger partial charge in [0.25, 0.3) is 5.91 Å². The summed E-state index contributed by atoms with van der Waals surface area (Å²) in [5, 5.41) is 15.3. The van der Waals surface area contributed by atoms with Gasteiger partial charge in [0, 0.05) is 18.7 Å². The molecule has 4 heterocycles. The quantitative estimate of drug-likeness (QED) is 0.325. The minimum Gasteiger partial charge on any atom is -0.455 e. The Labute approximate surface area is 279 Å². The number of hydrogen-bond donors (Lipinski definition) is 2. The fourth-order valence-electron chi connectivity index (χ4n) is 7.78. The van der Waals surface area contributed by atoms with Crippen molar-refractivity contribution in [1.29, 1.82) is 0 Å². The van der Waals surface area contributed by atoms with Gasteiger partial charge < -0.3 is 29.7 Å². The van der Waals surface area contributed by atoms with Crippen LogP contribution in [0.1, 0.15) is 38.4 Å². The molecule has 8 atom stereocenters. The zero-order chi connectivity index (χ0) is 33.6. The molecular formula is C38H39N3O7. The number of fused-ring (bicyclic) bond motifs is 3. The smallest absolute Gasteiger partial charge is 0.313 e. The average molecular weight is 650 g/mol. The van der Waals surface area contributed by atoms with Crippen molar-refractivity contribution in [3.63, 3.8) is 0 Å². The molecule has 2 fully saturated rings. The summed E-state index contributed by atoms with van der Waals surface area (Å²) in [6.07, 6.45) is 5.94. The summed E-state index contributed by atoms with van der Waals surface area (Å²) in [7, 11) is 0. The largest absolute Gasteiger partial charge is 0.455 e. The first-order valence-electron chi connectivity index (χ1n) is 16.5. The van der Waals surface area contributed by atoms with Crippen molar-refractivity contribution >= 4 is 40.2 Å². The fourth-order valence-corrected chi connectivity index (χ4v) is 7.78. The van der Waals surface area contributed by atoms with E-state index in [-0.39, 0.29) is 31.4 Å². The van der Waals surface area contributed by atoms with E-state index < -0.39 is 59.6 Å². The van der Waals surface area contributed by atoms with E-state index in [1.54, 1.807) is 37.0 Å². The summed E-state index contributed by atoms with van der Waals surface area (Å²) in [5.74, 6) is -3.86. The number of cyclic esters (lactones) is 1. The van der Waals surface area contributed by atoms with Crippen LogP contribution in [0, 0.1) is 11.8 Å². The third kappa shape index (κ3) is 5.29. The molecule has 248 valence electrons. The molecule has 0 unspecified atom stereocenters. The summed E-state index contributed by atoms with van der Waals surface area (Å²) in [5.41, 5.74) is -0.156. The van der Waals surface area contributed by atoms with Gasteiger partial charge in [-0.25, -0.2) is 0 Å². The number of carbonyl (C=O) groups excluding carboxylic acids is 4. The summed E-state index contributed by atoms with van der Waals surface area (Å²) in [6, 6.07) is 20.4. The van der Waals surface area contributed by atoms with Crippen LogP contribution in [-0.2, 0) is 28.7 Å². The number of anilines is 1. The van der Waals surface area contributed by atoms with Crippen LogP contribution in [0.15, 0.2) is 97.1 Å². The number of amides is 3. The second kappa shape index (κ2) is 12.7. The summed E-state index contributed by atoms with van der Waals surface area (Å²) >= 11 is 0. The Morgan fingerprint density at radius 3 is 2.48 bits per heavy atom. The molecule has 4 aliphatic heterocycles. The van der Waals surface area contributed by atoms with Crippen molar-refractivity contribution in [2.75, 3.05) is 18.1 Å². The third-order valence-electron chi connectivity index (χ3n) is 10.1. The predicted octanol–water partition coefficient (Wildman–Crippen LogP) is 3.84. The zero-order valence-corrected chi connectivity index (χ0v) is 26.9. The molecule has 3 amide bonds. The van der Waals surface area contributed by atoms with Crippen LogP contribution in [0.2, 0.25) is 0 Å². The number of carbonyl (C=O) groups is 4. The highest BCUT2D eigenvalue weighted by Gasteiger charge is 2.72. The van der Waals surface area contributed by atoms with Crippen LogP contribution in [0.25, 0.3) is 10.8 Å². The predicted molar refractivity (Wildman–Crippen MR) is 178 cm³/mol. The molecule has 0 radical (unpaired) electrons. The van der Waals surface area contributed by atoms with E-state index in [4.69, 9.17) is 9.47 Å². The first-order chi connectivity index (χ1) is 23.2. The monoisotopic (exact) mass is 649 g/mol. The van der Waals surface area contributed by atoms with Gasteiger partial charge in [-0.05, 0) is 48.7 Å². The molecular weight excluding hydrogens is 610 g/mol. The van der Waals surface area contributed by atoms with Crippen LogP contribution in [0.4, 0.5) is 5.69 Å². The van der Waals surface area contributed by atoms with Crippen LogP contribution >= 0.6 is 0 Å². The maximum Gasteiger partial charge on any atom is 0.313 e. The molecule has 0 bridgehead atoms. The van der Waals surface area contributed by atoms with Crippen molar-refractivity contribution in [3.8, 4) is 0 Å². The number of hydrogen-bond acceptors (Lipinski definition) is 7. The zero-order valence-electron chi connectivity index (χ0n) is 26.9. The maximum atomic E-state index is 14.8. The molecule has 3 aromatic carbocycles. The number of nitrogens with zero attached hydrogens (tertiary/aromatic N) is 2. The Hall–Kier alpha value is -4.80. The molecule has 0 saturated carbocycles. The van der Waals surface area contributed by atoms with Gasteiger partial charge in [0.15, 0.2) is 0 Å². The number of allylic oxidation sites excluding steroid dienone is 1. The van der Waals surface area contributed by atoms with E-state index in [9.17, 15) is 24.3 Å². The van der Waals surface area contributed by atoms with Crippen LogP contribution in [-0.4, -0.2) is 76.7 Å². The maximum absolute atomic E-state index is 14.8. The number of benzene rings is 3. The topological polar surface area (TPSA) is 125 Å². The minimum absolute atomic E-state index is 0.181. The van der Waals surface area contributed by atoms with Crippen LogP contribution in [0.3, 0.4) is 0 Å². The molecule has 48 heavy (non-hydrogen) atoms. The molecule has 0 aromatic heterocycles. The number of rotatable bonds is 4. The molecule has 3 aromatic rings. The van der Waals surface area contributed by atoms with Crippen molar-refractivity contribution in [3.05, 3.63) is 103 Å². The summed E-state index contributed by atoms with van der Waals surface area (Å²) in [4.78, 5) is 59.6. The van der Waals surface area contributed by atoms with Gasteiger partial charge in [0.1, 0.15) is 23.7 Å². The van der Waals surface area contributed by atoms with Crippen molar-refractivity contribution < 1.29 is 33.8 Å². The van der Waals surface area contributed by atoms with Crippen LogP contribution < -0.4 is 10.2 Å². The number of esters is 1. The van der Waals surface area contributed by atoms with E-state index in [0.29, 0.717) is 17.7 Å². The standard InChI is InChI=1S/C38H39N3O7/c1-23(22-42)41-34-36(45)40(28-18-17-25-11-6-7-14-27(25)21-28)20-10-19-38(34)32(35(41)44)31-29(48-38)15-8-9-16-30(43)39-24(2)33(47-37(31)46)26-12-4-3-5-13-26/h3-8,10-15,17-19,21,23-24,29,31-34,42H,9,16,20,22H2,1-2H3,(H,39,43)/b15-8-/t23-,24+,29+,31-,32-,33-,34+,38-/m1/s1. The SMILES string of the molecule is C[C@@H]1NC(=O)CC/C=C\[C@@H]2O[C@@]34C=CCN(c5ccc6ccccc6c5)C(=O)[C@@H]3N([C@H](C)CO)C(=O)[C@H]4[C@@H]2C(=O)O[C@H]1c1ccccc1. The second-order valence-electron chi connectivity index (χ2n) is 13.1. The lowest BCUT2D eigenvalue weighted by Gasteiger charge is -2.37. The molecule has 7 rings (SSSR count). The Bertz CT molecular complexity index is 1810. The summed E-state index contributed by atoms with van der Waals surface area (Å²) in [6.45, 7) is 3.30.